The van der Waals surface area contributed by atoms with Crippen molar-refractivity contribution >= 4 is 29.3 Å². The summed E-state index contributed by atoms with van der Waals surface area (Å²) < 4.78 is 5.40. The molecule has 1 heterocycles. The van der Waals surface area contributed by atoms with Crippen LogP contribution in [0.15, 0.2) is 66.0 Å². The van der Waals surface area contributed by atoms with Crippen molar-refractivity contribution in [2.24, 2.45) is 0 Å². The number of thioether (sulfide) groups is 1. The van der Waals surface area contributed by atoms with Crippen LogP contribution in [0, 0.1) is 0 Å². The zero-order valence-corrected chi connectivity index (χ0v) is 15.5. The molecule has 0 saturated heterocycles. The molecule has 3 aromatic rings. The fourth-order valence-electron chi connectivity index (χ4n) is 2.21. The van der Waals surface area contributed by atoms with Gasteiger partial charge in [0.1, 0.15) is 5.75 Å². The number of benzene rings is 2. The van der Waals surface area contributed by atoms with Crippen LogP contribution in [0.3, 0.4) is 0 Å². The van der Waals surface area contributed by atoms with Crippen molar-refractivity contribution in [2.75, 3.05) is 18.9 Å². The van der Waals surface area contributed by atoms with E-state index < -0.39 is 0 Å². The summed E-state index contributed by atoms with van der Waals surface area (Å²) in [5.41, 5.74) is 1.96. The Morgan fingerprint density at radius 1 is 1.15 bits per heavy atom. The average molecular weight is 388 g/mol. The predicted octanol–water partition coefficient (Wildman–Crippen LogP) is 4.02. The number of ether oxygens (including phenoxy) is 1. The van der Waals surface area contributed by atoms with Crippen LogP contribution in [0.1, 0.15) is 0 Å². The number of H-pyrrole nitrogens is 1. The van der Waals surface area contributed by atoms with Gasteiger partial charge in [0.05, 0.1) is 11.9 Å². The number of para-hydroxylation sites is 1. The van der Waals surface area contributed by atoms with E-state index in [1.807, 2.05) is 54.6 Å². The van der Waals surface area contributed by atoms with Crippen molar-refractivity contribution in [1.82, 2.24) is 15.3 Å². The van der Waals surface area contributed by atoms with Crippen molar-refractivity contribution in [3.05, 3.63) is 65.8 Å². The zero-order valence-electron chi connectivity index (χ0n) is 13.9. The molecule has 7 heteroatoms. The Morgan fingerprint density at radius 2 is 1.92 bits per heavy atom. The Labute approximate surface area is 161 Å². The Bertz CT molecular complexity index is 838. The highest BCUT2D eigenvalue weighted by molar-refractivity contribution is 7.99. The lowest BCUT2D eigenvalue weighted by Crippen LogP contribution is -2.30. The van der Waals surface area contributed by atoms with Gasteiger partial charge in [-0.2, -0.15) is 0 Å². The second-order valence-electron chi connectivity index (χ2n) is 5.41. The lowest BCUT2D eigenvalue weighted by atomic mass is 10.2. The number of halogens is 1. The molecule has 0 spiro atoms. The molecular weight excluding hydrogens is 370 g/mol. The average Bonchev–Trinajstić information content (AvgIpc) is 3.14. The SMILES string of the molecule is O=C(COc1ccccc1)NCCSc1ncc(-c2ccc(Cl)cc2)[nH]1. The molecule has 134 valence electrons. The van der Waals surface area contributed by atoms with Gasteiger partial charge < -0.3 is 15.0 Å². The van der Waals surface area contributed by atoms with Gasteiger partial charge in [-0.15, -0.1) is 0 Å². The maximum atomic E-state index is 11.8. The van der Waals surface area contributed by atoms with E-state index in [9.17, 15) is 4.79 Å². The van der Waals surface area contributed by atoms with Crippen LogP contribution in [-0.4, -0.2) is 34.8 Å². The van der Waals surface area contributed by atoms with Gasteiger partial charge in [0, 0.05) is 17.3 Å². The van der Waals surface area contributed by atoms with Crippen molar-refractivity contribution in [3.63, 3.8) is 0 Å². The van der Waals surface area contributed by atoms with Crippen LogP contribution in [0.25, 0.3) is 11.3 Å². The van der Waals surface area contributed by atoms with Crippen molar-refractivity contribution in [1.29, 1.82) is 0 Å². The first-order valence-electron chi connectivity index (χ1n) is 8.09. The van der Waals surface area contributed by atoms with Crippen LogP contribution < -0.4 is 10.1 Å². The lowest BCUT2D eigenvalue weighted by molar-refractivity contribution is -0.122. The highest BCUT2D eigenvalue weighted by Crippen LogP contribution is 2.22. The first-order valence-corrected chi connectivity index (χ1v) is 9.45. The maximum Gasteiger partial charge on any atom is 0.257 e. The first-order chi connectivity index (χ1) is 12.7. The number of aromatic nitrogens is 2. The molecule has 2 N–H and O–H groups in total. The Hall–Kier alpha value is -2.44. The monoisotopic (exact) mass is 387 g/mol. The number of hydrogen-bond donors (Lipinski definition) is 2. The van der Waals surface area contributed by atoms with Crippen molar-refractivity contribution in [3.8, 4) is 17.0 Å². The minimum absolute atomic E-state index is 0.0101. The standard InChI is InChI=1S/C19H18ClN3O2S/c20-15-8-6-14(7-9-15)17-12-22-19(23-17)26-11-10-21-18(24)13-25-16-4-2-1-3-5-16/h1-9,12H,10-11,13H2,(H,21,24)(H,22,23). The summed E-state index contributed by atoms with van der Waals surface area (Å²) in [6.07, 6.45) is 1.79. The molecule has 0 aliphatic rings. The fraction of sp³-hybridized carbons (Fsp3) is 0.158. The topological polar surface area (TPSA) is 67.0 Å². The van der Waals surface area contributed by atoms with Crippen LogP contribution in [0.5, 0.6) is 5.75 Å². The van der Waals surface area contributed by atoms with E-state index >= 15 is 0 Å². The van der Waals surface area contributed by atoms with E-state index in [2.05, 4.69) is 15.3 Å². The number of hydrogen-bond acceptors (Lipinski definition) is 4. The molecule has 0 saturated carbocycles. The molecule has 0 atom stereocenters. The summed E-state index contributed by atoms with van der Waals surface area (Å²) in [7, 11) is 0. The summed E-state index contributed by atoms with van der Waals surface area (Å²) in [4.78, 5) is 19.4. The number of amides is 1. The predicted molar refractivity (Wildman–Crippen MR) is 105 cm³/mol. The number of rotatable bonds is 8. The Balaban J connectivity index is 1.37. The third-order valence-corrected chi connectivity index (χ3v) is 4.63. The van der Waals surface area contributed by atoms with Crippen molar-refractivity contribution < 1.29 is 9.53 Å². The van der Waals surface area contributed by atoms with Gasteiger partial charge in [-0.25, -0.2) is 4.98 Å². The molecule has 1 aromatic heterocycles. The second-order valence-corrected chi connectivity index (χ2v) is 6.93. The molecule has 0 radical (unpaired) electrons. The van der Waals surface area contributed by atoms with E-state index in [1.54, 1.807) is 18.0 Å². The molecule has 0 bridgehead atoms. The quantitative estimate of drug-likeness (QED) is 0.452. The van der Waals surface area contributed by atoms with Gasteiger partial charge in [0.25, 0.3) is 5.91 Å². The van der Waals surface area contributed by atoms with Gasteiger partial charge in [-0.1, -0.05) is 53.7 Å². The van der Waals surface area contributed by atoms with Crippen LogP contribution in [0.4, 0.5) is 0 Å². The Morgan fingerprint density at radius 3 is 2.69 bits per heavy atom. The summed E-state index contributed by atoms with van der Waals surface area (Å²) in [6.45, 7) is 0.550. The highest BCUT2D eigenvalue weighted by atomic mass is 35.5. The number of nitrogens with one attached hydrogen (secondary N) is 2. The number of carbonyl (C=O) groups excluding carboxylic acids is 1. The number of imidazole rings is 1. The van der Waals surface area contributed by atoms with Gasteiger partial charge >= 0.3 is 0 Å². The van der Waals surface area contributed by atoms with Gasteiger partial charge in [-0.05, 0) is 29.8 Å². The third-order valence-electron chi connectivity index (χ3n) is 3.48. The van der Waals surface area contributed by atoms with E-state index in [0.717, 1.165) is 16.4 Å². The fourth-order valence-corrected chi connectivity index (χ4v) is 3.04. The van der Waals surface area contributed by atoms with E-state index in [0.29, 0.717) is 23.1 Å². The molecular formula is C19H18ClN3O2S. The van der Waals surface area contributed by atoms with E-state index in [-0.39, 0.29) is 12.5 Å². The van der Waals surface area contributed by atoms with Gasteiger partial charge in [-0.3, -0.25) is 4.79 Å². The van der Waals surface area contributed by atoms with Crippen molar-refractivity contribution in [2.45, 2.75) is 5.16 Å². The highest BCUT2D eigenvalue weighted by Gasteiger charge is 2.05. The molecule has 0 aliphatic heterocycles. The minimum Gasteiger partial charge on any atom is -0.484 e. The molecule has 0 unspecified atom stereocenters. The van der Waals surface area contributed by atoms with Crippen LogP contribution >= 0.6 is 23.4 Å². The second kappa shape index (κ2) is 9.31. The number of nitrogens with zero attached hydrogens (tertiary/aromatic N) is 1. The molecule has 1 amide bonds. The molecule has 5 nitrogen and oxygen atoms in total. The third kappa shape index (κ3) is 5.54. The smallest absolute Gasteiger partial charge is 0.257 e. The van der Waals surface area contributed by atoms with Gasteiger partial charge in [0.2, 0.25) is 0 Å². The van der Waals surface area contributed by atoms with E-state index in [4.69, 9.17) is 16.3 Å². The summed E-state index contributed by atoms with van der Waals surface area (Å²) >= 11 is 7.45. The molecule has 0 fully saturated rings. The maximum absolute atomic E-state index is 11.8. The largest absolute Gasteiger partial charge is 0.484 e. The molecule has 2 aromatic carbocycles. The van der Waals surface area contributed by atoms with Crippen LogP contribution in [-0.2, 0) is 4.79 Å². The summed E-state index contributed by atoms with van der Waals surface area (Å²) in [5.74, 6) is 1.25. The van der Waals surface area contributed by atoms with E-state index in [1.165, 1.54) is 0 Å². The number of aromatic amines is 1. The lowest BCUT2D eigenvalue weighted by Gasteiger charge is -2.06. The molecule has 26 heavy (non-hydrogen) atoms. The molecule has 3 rings (SSSR count). The Kier molecular flexibility index (Phi) is 6.57. The number of carbonyl (C=O) groups is 1. The normalized spacial score (nSPS) is 10.5. The minimum atomic E-state index is -0.143. The first kappa shape index (κ1) is 18.4. The zero-order chi connectivity index (χ0) is 18.2. The summed E-state index contributed by atoms with van der Waals surface area (Å²) in [6, 6.07) is 16.8. The summed E-state index contributed by atoms with van der Waals surface area (Å²) in [5, 5.41) is 4.34. The van der Waals surface area contributed by atoms with Gasteiger partial charge in [0.15, 0.2) is 11.8 Å². The van der Waals surface area contributed by atoms with Crippen LogP contribution in [0.2, 0.25) is 5.02 Å². The molecule has 0 aliphatic carbocycles.